The number of methoxy groups -OCH3 is 2. The van der Waals surface area contributed by atoms with Crippen molar-refractivity contribution in [3.8, 4) is 33.9 Å². The number of fused-ring (bicyclic) bond motifs is 1. The largest absolute Gasteiger partial charge is 0.497 e. The fourth-order valence-electron chi connectivity index (χ4n) is 5.46. The van der Waals surface area contributed by atoms with Gasteiger partial charge in [0.2, 0.25) is 11.9 Å². The third-order valence-electron chi connectivity index (χ3n) is 7.55. The molecular formula is C31H31FN6O2. The zero-order valence-electron chi connectivity index (χ0n) is 22.7. The van der Waals surface area contributed by atoms with Gasteiger partial charge in [-0.05, 0) is 67.7 Å². The Hall–Kier alpha value is -4.50. The van der Waals surface area contributed by atoms with E-state index in [1.165, 1.54) is 17.8 Å². The van der Waals surface area contributed by atoms with E-state index in [1.807, 2.05) is 48.1 Å². The molecule has 0 radical (unpaired) electrons. The van der Waals surface area contributed by atoms with Crippen molar-refractivity contribution in [1.29, 1.82) is 0 Å². The third kappa shape index (κ3) is 4.96. The topological polar surface area (TPSA) is 86.1 Å². The first-order chi connectivity index (χ1) is 19.5. The Morgan fingerprint density at radius 3 is 2.55 bits per heavy atom. The maximum atomic E-state index is 13.6. The number of hydrogen-bond donors (Lipinski definition) is 2. The second kappa shape index (κ2) is 10.9. The molecule has 0 atom stereocenters. The molecule has 1 fully saturated rings. The highest BCUT2D eigenvalue weighted by atomic mass is 19.1. The van der Waals surface area contributed by atoms with Crippen LogP contribution >= 0.6 is 0 Å². The predicted molar refractivity (Wildman–Crippen MR) is 155 cm³/mol. The van der Waals surface area contributed by atoms with E-state index in [9.17, 15) is 4.39 Å². The smallest absolute Gasteiger partial charge is 0.227 e. The number of benzene rings is 2. The van der Waals surface area contributed by atoms with Gasteiger partial charge in [-0.3, -0.25) is 0 Å². The molecular weight excluding hydrogens is 507 g/mol. The highest BCUT2D eigenvalue weighted by Crippen LogP contribution is 2.38. The van der Waals surface area contributed by atoms with Crippen LogP contribution in [0.25, 0.3) is 33.3 Å². The number of hydrogen-bond acceptors (Lipinski definition) is 7. The van der Waals surface area contributed by atoms with Gasteiger partial charge in [-0.15, -0.1) is 0 Å². The summed E-state index contributed by atoms with van der Waals surface area (Å²) in [7, 11) is 5.35. The number of halogens is 1. The van der Waals surface area contributed by atoms with Gasteiger partial charge in [0.05, 0.1) is 25.4 Å². The van der Waals surface area contributed by atoms with Gasteiger partial charge in [-0.2, -0.15) is 4.39 Å². The minimum atomic E-state index is -0.538. The van der Waals surface area contributed by atoms with Crippen molar-refractivity contribution in [2.45, 2.75) is 18.8 Å². The van der Waals surface area contributed by atoms with Gasteiger partial charge in [-0.1, -0.05) is 6.07 Å². The summed E-state index contributed by atoms with van der Waals surface area (Å²) in [4.78, 5) is 13.5. The lowest BCUT2D eigenvalue weighted by molar-refractivity contribution is 0.392. The summed E-state index contributed by atoms with van der Waals surface area (Å²) in [5, 5.41) is 7.80. The van der Waals surface area contributed by atoms with Gasteiger partial charge in [0.25, 0.3) is 0 Å². The molecule has 1 aliphatic rings. The summed E-state index contributed by atoms with van der Waals surface area (Å²) in [6.07, 6.45) is 7.47. The van der Waals surface area contributed by atoms with Crippen molar-refractivity contribution >= 4 is 22.5 Å². The number of nitrogens with one attached hydrogen (secondary N) is 2. The van der Waals surface area contributed by atoms with E-state index < -0.39 is 5.95 Å². The number of rotatable bonds is 7. The molecule has 9 heteroatoms. The van der Waals surface area contributed by atoms with E-state index in [-0.39, 0.29) is 0 Å². The summed E-state index contributed by atoms with van der Waals surface area (Å²) in [5.74, 6) is 2.01. The molecule has 4 heterocycles. The van der Waals surface area contributed by atoms with Crippen molar-refractivity contribution in [2.24, 2.45) is 7.05 Å². The van der Waals surface area contributed by atoms with Crippen LogP contribution < -0.4 is 20.1 Å². The first kappa shape index (κ1) is 25.8. The van der Waals surface area contributed by atoms with Crippen LogP contribution in [0, 0.1) is 5.95 Å². The van der Waals surface area contributed by atoms with Gasteiger partial charge < -0.3 is 24.7 Å². The molecule has 0 unspecified atom stereocenters. The Kier molecular flexibility index (Phi) is 7.04. The molecule has 1 aliphatic heterocycles. The lowest BCUT2D eigenvalue weighted by Gasteiger charge is -2.25. The van der Waals surface area contributed by atoms with Crippen LogP contribution in [-0.4, -0.2) is 46.8 Å². The number of ether oxygens (including phenoxy) is 2. The molecule has 1 saturated heterocycles. The van der Waals surface area contributed by atoms with Gasteiger partial charge in [0.15, 0.2) is 0 Å². The summed E-state index contributed by atoms with van der Waals surface area (Å²) >= 11 is 0. The Bertz CT molecular complexity index is 1660. The molecule has 2 N–H and O–H groups in total. The molecule has 8 nitrogen and oxygen atoms in total. The van der Waals surface area contributed by atoms with Gasteiger partial charge in [-0.25, -0.2) is 15.0 Å². The summed E-state index contributed by atoms with van der Waals surface area (Å²) in [6.45, 7) is 2.03. The maximum absolute atomic E-state index is 13.6. The van der Waals surface area contributed by atoms with Crippen molar-refractivity contribution in [1.82, 2.24) is 24.8 Å². The van der Waals surface area contributed by atoms with Crippen LogP contribution in [-0.2, 0) is 7.05 Å². The average Bonchev–Trinajstić information content (AvgIpc) is 3.33. The van der Waals surface area contributed by atoms with E-state index in [4.69, 9.17) is 14.5 Å². The van der Waals surface area contributed by atoms with Crippen LogP contribution in [0.2, 0.25) is 0 Å². The lowest BCUT2D eigenvalue weighted by Crippen LogP contribution is -2.26. The maximum Gasteiger partial charge on any atom is 0.227 e. The predicted octanol–water partition coefficient (Wildman–Crippen LogP) is 6.06. The van der Waals surface area contributed by atoms with Crippen LogP contribution in [0.5, 0.6) is 11.5 Å². The van der Waals surface area contributed by atoms with Crippen molar-refractivity contribution < 1.29 is 13.9 Å². The Labute approximate surface area is 232 Å². The Morgan fingerprint density at radius 2 is 1.80 bits per heavy atom. The normalized spacial score (nSPS) is 13.9. The van der Waals surface area contributed by atoms with Gasteiger partial charge >= 0.3 is 0 Å². The summed E-state index contributed by atoms with van der Waals surface area (Å²) < 4.78 is 26.9. The second-order valence-electron chi connectivity index (χ2n) is 9.97. The number of pyridine rings is 1. The number of piperidine rings is 1. The molecule has 6 rings (SSSR count). The number of aromatic nitrogens is 4. The SMILES string of the molecule is COc1ccc2c(-c3nc(Nc4ccc(C5CCNCC5)c(OC)c4)ncc3-c3ccc(F)nc3)cn(C)c2c1. The highest BCUT2D eigenvalue weighted by Gasteiger charge is 2.21. The standard InChI is InChI=1S/C31H31FN6O2/c1-38-18-26(24-8-6-22(39-2)15-27(24)38)30-25(20-4-9-29(32)34-16-20)17-35-31(37-30)36-21-5-7-23(28(14-21)40-3)19-10-12-33-13-11-19/h4-9,14-19,33H,10-13H2,1-3H3,(H,35,36,37). The molecule has 0 bridgehead atoms. The molecule has 0 spiro atoms. The molecule has 5 aromatic rings. The fraction of sp³-hybridized carbons (Fsp3) is 0.258. The van der Waals surface area contributed by atoms with E-state index >= 15 is 0 Å². The Balaban J connectivity index is 1.42. The van der Waals surface area contributed by atoms with Crippen LogP contribution in [0.1, 0.15) is 24.3 Å². The molecule has 204 valence electrons. The number of nitrogens with zero attached hydrogens (tertiary/aromatic N) is 4. The van der Waals surface area contributed by atoms with E-state index in [2.05, 4.69) is 26.7 Å². The molecule has 0 saturated carbocycles. The van der Waals surface area contributed by atoms with Crippen molar-refractivity contribution in [3.63, 3.8) is 0 Å². The first-order valence-electron chi connectivity index (χ1n) is 13.3. The zero-order chi connectivity index (χ0) is 27.6. The summed E-state index contributed by atoms with van der Waals surface area (Å²) in [5.41, 5.74) is 6.16. The minimum Gasteiger partial charge on any atom is -0.497 e. The second-order valence-corrected chi connectivity index (χ2v) is 9.97. The summed E-state index contributed by atoms with van der Waals surface area (Å²) in [6, 6.07) is 15.2. The van der Waals surface area contributed by atoms with E-state index in [0.717, 1.165) is 70.7 Å². The Morgan fingerprint density at radius 1 is 0.950 bits per heavy atom. The number of anilines is 2. The lowest BCUT2D eigenvalue weighted by atomic mass is 9.89. The molecule has 2 aromatic carbocycles. The zero-order valence-corrected chi connectivity index (χ0v) is 22.7. The number of aryl methyl sites for hydroxylation is 1. The molecule has 3 aromatic heterocycles. The van der Waals surface area contributed by atoms with Crippen LogP contribution in [0.15, 0.2) is 67.1 Å². The first-order valence-corrected chi connectivity index (χ1v) is 13.3. The third-order valence-corrected chi connectivity index (χ3v) is 7.55. The fourth-order valence-corrected chi connectivity index (χ4v) is 5.46. The van der Waals surface area contributed by atoms with Gasteiger partial charge in [0.1, 0.15) is 11.5 Å². The molecule has 0 amide bonds. The molecule has 40 heavy (non-hydrogen) atoms. The van der Waals surface area contributed by atoms with Crippen LogP contribution in [0.4, 0.5) is 16.0 Å². The van der Waals surface area contributed by atoms with Gasteiger partial charge in [0, 0.05) is 65.5 Å². The van der Waals surface area contributed by atoms with Crippen molar-refractivity contribution in [2.75, 3.05) is 32.6 Å². The van der Waals surface area contributed by atoms with E-state index in [0.29, 0.717) is 17.6 Å². The highest BCUT2D eigenvalue weighted by molar-refractivity contribution is 5.99. The van der Waals surface area contributed by atoms with Crippen molar-refractivity contribution in [3.05, 3.63) is 78.6 Å². The minimum absolute atomic E-state index is 0.441. The average molecular weight is 539 g/mol. The molecule has 0 aliphatic carbocycles. The van der Waals surface area contributed by atoms with E-state index in [1.54, 1.807) is 26.5 Å². The monoisotopic (exact) mass is 538 g/mol. The quantitative estimate of drug-likeness (QED) is 0.244. The van der Waals surface area contributed by atoms with Crippen LogP contribution in [0.3, 0.4) is 0 Å².